The lowest BCUT2D eigenvalue weighted by molar-refractivity contribution is 0.694. The lowest BCUT2D eigenvalue weighted by Crippen LogP contribution is -2.06. The third kappa shape index (κ3) is 2.80. The minimum absolute atomic E-state index is 0.375. The Labute approximate surface area is 113 Å². The summed E-state index contributed by atoms with van der Waals surface area (Å²) < 4.78 is 2.23. The number of nitrogen functional groups attached to an aromatic ring is 1. The van der Waals surface area contributed by atoms with Crippen LogP contribution < -0.4 is 5.73 Å². The first-order chi connectivity index (χ1) is 8.08. The molecule has 0 aliphatic heterocycles. The largest absolute Gasteiger partial charge is 0.368 e. The highest BCUT2D eigenvalue weighted by Crippen LogP contribution is 2.21. The van der Waals surface area contributed by atoms with E-state index in [0.29, 0.717) is 33.7 Å². The highest BCUT2D eigenvalue weighted by molar-refractivity contribution is 7.71. The molecule has 0 saturated heterocycles. The van der Waals surface area contributed by atoms with Crippen LogP contribution in [0.3, 0.4) is 0 Å². The Morgan fingerprint density at radius 2 is 2.18 bits per heavy atom. The fraction of sp³-hybridized carbons (Fsp3) is 0.200. The van der Waals surface area contributed by atoms with Crippen molar-refractivity contribution < 1.29 is 0 Å². The first kappa shape index (κ1) is 12.4. The normalized spacial score (nSPS) is 10.7. The van der Waals surface area contributed by atoms with E-state index in [0.717, 1.165) is 5.56 Å². The Kier molecular flexibility index (Phi) is 3.71. The summed E-state index contributed by atoms with van der Waals surface area (Å²) in [5.74, 6) is 0.375. The van der Waals surface area contributed by atoms with Crippen LogP contribution >= 0.6 is 35.4 Å². The molecule has 0 bridgehead atoms. The first-order valence-electron chi connectivity index (χ1n) is 4.92. The fourth-order valence-corrected chi connectivity index (χ4v) is 2.24. The number of halogens is 2. The number of aromatic nitrogens is 3. The zero-order valence-electron chi connectivity index (χ0n) is 8.78. The Bertz CT molecular complexity index is 590. The number of hydrogen-bond donors (Lipinski definition) is 2. The molecule has 7 heteroatoms. The van der Waals surface area contributed by atoms with E-state index in [1.165, 1.54) is 0 Å². The van der Waals surface area contributed by atoms with Crippen molar-refractivity contribution in [3.63, 3.8) is 0 Å². The second-order valence-electron chi connectivity index (χ2n) is 3.52. The van der Waals surface area contributed by atoms with Crippen molar-refractivity contribution in [2.24, 2.45) is 0 Å². The number of nitrogens with one attached hydrogen (secondary N) is 1. The maximum absolute atomic E-state index is 6.07. The topological polar surface area (TPSA) is 59.6 Å². The SMILES string of the molecule is Nc1n[nH]c(=S)n1CCc1ccc(Cl)cc1Cl. The number of rotatable bonds is 3. The average Bonchev–Trinajstić information content (AvgIpc) is 2.58. The third-order valence-electron chi connectivity index (χ3n) is 2.41. The van der Waals surface area contributed by atoms with Gasteiger partial charge >= 0.3 is 0 Å². The van der Waals surface area contributed by atoms with Crippen molar-refractivity contribution in [2.75, 3.05) is 5.73 Å². The summed E-state index contributed by atoms with van der Waals surface area (Å²) in [6, 6.07) is 5.42. The number of anilines is 1. The molecule has 90 valence electrons. The van der Waals surface area contributed by atoms with Gasteiger partial charge in [-0.3, -0.25) is 4.57 Å². The van der Waals surface area contributed by atoms with E-state index in [1.54, 1.807) is 16.7 Å². The molecule has 3 N–H and O–H groups in total. The molecule has 2 aromatic rings. The van der Waals surface area contributed by atoms with Gasteiger partial charge in [0.05, 0.1) is 0 Å². The van der Waals surface area contributed by atoms with Crippen molar-refractivity contribution in [3.05, 3.63) is 38.6 Å². The van der Waals surface area contributed by atoms with Gasteiger partial charge in [0.25, 0.3) is 0 Å². The molecule has 0 spiro atoms. The molecule has 0 aliphatic rings. The summed E-state index contributed by atoms with van der Waals surface area (Å²) >= 11 is 17.0. The van der Waals surface area contributed by atoms with Gasteiger partial charge in [0, 0.05) is 16.6 Å². The number of hydrogen-bond acceptors (Lipinski definition) is 3. The Hall–Kier alpha value is -1.04. The van der Waals surface area contributed by atoms with E-state index >= 15 is 0 Å². The number of benzene rings is 1. The van der Waals surface area contributed by atoms with Crippen LogP contribution in [0.5, 0.6) is 0 Å². The lowest BCUT2D eigenvalue weighted by atomic mass is 10.1. The van der Waals surface area contributed by atoms with E-state index in [9.17, 15) is 0 Å². The van der Waals surface area contributed by atoms with E-state index in [4.69, 9.17) is 41.2 Å². The number of nitrogens with two attached hydrogens (primary N) is 1. The second-order valence-corrected chi connectivity index (χ2v) is 4.75. The van der Waals surface area contributed by atoms with Crippen molar-refractivity contribution in [3.8, 4) is 0 Å². The van der Waals surface area contributed by atoms with Gasteiger partial charge in [-0.15, -0.1) is 5.10 Å². The lowest BCUT2D eigenvalue weighted by Gasteiger charge is -2.06. The minimum atomic E-state index is 0.375. The van der Waals surface area contributed by atoms with Gasteiger partial charge in [0.15, 0.2) is 4.77 Å². The van der Waals surface area contributed by atoms with Gasteiger partial charge in [-0.1, -0.05) is 29.3 Å². The van der Waals surface area contributed by atoms with Crippen LogP contribution in [0.1, 0.15) is 5.56 Å². The van der Waals surface area contributed by atoms with Crippen LogP contribution in [0.2, 0.25) is 10.0 Å². The van der Waals surface area contributed by atoms with Crippen molar-refractivity contribution in [1.82, 2.24) is 14.8 Å². The van der Waals surface area contributed by atoms with E-state index in [-0.39, 0.29) is 0 Å². The van der Waals surface area contributed by atoms with Crippen LogP contribution in [0.25, 0.3) is 0 Å². The third-order valence-corrected chi connectivity index (χ3v) is 3.31. The van der Waals surface area contributed by atoms with Crippen LogP contribution in [0.4, 0.5) is 5.95 Å². The maximum Gasteiger partial charge on any atom is 0.220 e. The molecule has 1 aromatic carbocycles. The molecule has 1 aromatic heterocycles. The summed E-state index contributed by atoms with van der Waals surface area (Å²) in [5.41, 5.74) is 6.67. The monoisotopic (exact) mass is 288 g/mol. The summed E-state index contributed by atoms with van der Waals surface area (Å²) in [6.07, 6.45) is 0.716. The summed E-state index contributed by atoms with van der Waals surface area (Å²) in [6.45, 7) is 0.627. The van der Waals surface area contributed by atoms with Gasteiger partial charge in [-0.25, -0.2) is 5.10 Å². The Morgan fingerprint density at radius 3 is 2.76 bits per heavy atom. The molecule has 0 amide bonds. The quantitative estimate of drug-likeness (QED) is 0.854. The molecule has 2 rings (SSSR count). The predicted molar refractivity (Wildman–Crippen MR) is 72.0 cm³/mol. The van der Waals surface area contributed by atoms with Gasteiger partial charge in [-0.2, -0.15) is 0 Å². The van der Waals surface area contributed by atoms with Gasteiger partial charge in [-0.05, 0) is 36.3 Å². The van der Waals surface area contributed by atoms with Crippen LogP contribution in [-0.2, 0) is 13.0 Å². The smallest absolute Gasteiger partial charge is 0.220 e. The number of H-pyrrole nitrogens is 1. The molecular formula is C10H10Cl2N4S. The molecule has 0 saturated carbocycles. The number of nitrogens with zero attached hydrogens (tertiary/aromatic N) is 2. The second kappa shape index (κ2) is 5.08. The molecule has 0 fully saturated rings. The molecule has 17 heavy (non-hydrogen) atoms. The number of aromatic amines is 1. The zero-order valence-corrected chi connectivity index (χ0v) is 11.1. The highest BCUT2D eigenvalue weighted by Gasteiger charge is 2.05. The summed E-state index contributed by atoms with van der Waals surface area (Å²) in [4.78, 5) is 0. The van der Waals surface area contributed by atoms with Gasteiger partial charge in [0.1, 0.15) is 0 Å². The Morgan fingerprint density at radius 1 is 1.41 bits per heavy atom. The van der Waals surface area contributed by atoms with Crippen molar-refractivity contribution in [2.45, 2.75) is 13.0 Å². The summed E-state index contributed by atoms with van der Waals surface area (Å²) in [5, 5.41) is 7.74. The Balaban J connectivity index is 2.15. The molecule has 0 aliphatic carbocycles. The maximum atomic E-state index is 6.07. The average molecular weight is 289 g/mol. The first-order valence-corrected chi connectivity index (χ1v) is 6.09. The van der Waals surface area contributed by atoms with E-state index < -0.39 is 0 Å². The van der Waals surface area contributed by atoms with Crippen molar-refractivity contribution in [1.29, 1.82) is 0 Å². The highest BCUT2D eigenvalue weighted by atomic mass is 35.5. The van der Waals surface area contributed by atoms with Crippen molar-refractivity contribution >= 4 is 41.4 Å². The van der Waals surface area contributed by atoms with Crippen LogP contribution in [0, 0.1) is 4.77 Å². The van der Waals surface area contributed by atoms with E-state index in [2.05, 4.69) is 10.2 Å². The number of aryl methyl sites for hydroxylation is 1. The fourth-order valence-electron chi connectivity index (χ4n) is 1.50. The van der Waals surface area contributed by atoms with Gasteiger partial charge in [0.2, 0.25) is 5.95 Å². The predicted octanol–water partition coefficient (Wildman–Crippen LogP) is 3.07. The standard InChI is InChI=1S/C10H10Cl2N4S/c11-7-2-1-6(8(12)5-7)3-4-16-9(13)14-15-10(16)17/h1-2,5H,3-4H2,(H2,13,14)(H,15,17). The van der Waals surface area contributed by atoms with Gasteiger partial charge < -0.3 is 5.73 Å². The van der Waals surface area contributed by atoms with Crippen LogP contribution in [-0.4, -0.2) is 14.8 Å². The molecule has 0 atom stereocenters. The molecule has 1 heterocycles. The molecule has 4 nitrogen and oxygen atoms in total. The molecule has 0 radical (unpaired) electrons. The minimum Gasteiger partial charge on any atom is -0.368 e. The van der Waals surface area contributed by atoms with Crippen LogP contribution in [0.15, 0.2) is 18.2 Å². The molecule has 0 unspecified atom stereocenters. The molecular weight excluding hydrogens is 279 g/mol. The summed E-state index contributed by atoms with van der Waals surface area (Å²) in [7, 11) is 0. The van der Waals surface area contributed by atoms with E-state index in [1.807, 2.05) is 6.07 Å². The zero-order chi connectivity index (χ0) is 12.4.